The zero-order chi connectivity index (χ0) is 23.6. The zero-order valence-corrected chi connectivity index (χ0v) is 19.5. The molecule has 0 saturated carbocycles. The molecule has 8 nitrogen and oxygen atoms in total. The second kappa shape index (κ2) is 8.89. The van der Waals surface area contributed by atoms with Gasteiger partial charge in [0.25, 0.3) is 5.91 Å². The van der Waals surface area contributed by atoms with E-state index < -0.39 is 37.1 Å². The van der Waals surface area contributed by atoms with Gasteiger partial charge in [-0.05, 0) is 63.2 Å². The highest BCUT2D eigenvalue weighted by Crippen LogP contribution is 2.21. The summed E-state index contributed by atoms with van der Waals surface area (Å²) in [4.78, 5) is 12.7. The van der Waals surface area contributed by atoms with Crippen LogP contribution in [-0.2, 0) is 25.6 Å². The minimum absolute atomic E-state index is 0.000636. The van der Waals surface area contributed by atoms with E-state index in [4.69, 9.17) is 4.42 Å². The molecule has 0 unspecified atom stereocenters. The average Bonchev–Trinajstić information content (AvgIpc) is 3.15. The van der Waals surface area contributed by atoms with Crippen molar-refractivity contribution in [3.05, 3.63) is 78.3 Å². The minimum atomic E-state index is -3.77. The molecule has 0 aliphatic carbocycles. The highest BCUT2D eigenvalue weighted by Gasteiger charge is 2.23. The first kappa shape index (κ1) is 23.7. The minimum Gasteiger partial charge on any atom is -0.455 e. The van der Waals surface area contributed by atoms with E-state index in [0.29, 0.717) is 0 Å². The van der Waals surface area contributed by atoms with Crippen molar-refractivity contribution < 1.29 is 26.0 Å². The fourth-order valence-corrected chi connectivity index (χ4v) is 5.60. The van der Waals surface area contributed by atoms with E-state index in [9.17, 15) is 21.6 Å². The molecule has 1 amide bonds. The predicted molar refractivity (Wildman–Crippen MR) is 121 cm³/mol. The van der Waals surface area contributed by atoms with Crippen molar-refractivity contribution in [2.45, 2.75) is 41.9 Å². The molecule has 0 fully saturated rings. The van der Waals surface area contributed by atoms with Gasteiger partial charge in [0, 0.05) is 11.2 Å². The standard InChI is InChI=1S/C22H24N2O6S2/c1-22(2,3)24-32(28,29)19-11-7-8-16(14-19)23-21(25)20-13-12-17(30-20)15-31(26,27)18-9-5-4-6-10-18/h4-14,24H,15H2,1-3H3,(H,23,25). The normalized spacial score (nSPS) is 12.5. The highest BCUT2D eigenvalue weighted by atomic mass is 32.2. The summed E-state index contributed by atoms with van der Waals surface area (Å²) in [7, 11) is -7.40. The Bertz CT molecular complexity index is 1320. The van der Waals surface area contributed by atoms with E-state index in [1.165, 1.54) is 48.5 Å². The number of carbonyl (C=O) groups is 1. The maximum Gasteiger partial charge on any atom is 0.291 e. The van der Waals surface area contributed by atoms with Crippen molar-refractivity contribution in [2.75, 3.05) is 5.32 Å². The van der Waals surface area contributed by atoms with Gasteiger partial charge in [-0.15, -0.1) is 0 Å². The fourth-order valence-electron chi connectivity index (χ4n) is 2.87. The van der Waals surface area contributed by atoms with Crippen molar-refractivity contribution in [3.63, 3.8) is 0 Å². The quantitative estimate of drug-likeness (QED) is 0.537. The summed E-state index contributed by atoms with van der Waals surface area (Å²) in [6.07, 6.45) is 0. The van der Waals surface area contributed by atoms with Crippen LogP contribution in [0.3, 0.4) is 0 Å². The first-order chi connectivity index (χ1) is 14.9. The molecular formula is C22H24N2O6S2. The Balaban J connectivity index is 1.73. The molecule has 170 valence electrons. The van der Waals surface area contributed by atoms with Gasteiger partial charge in [0.05, 0.1) is 9.79 Å². The number of benzene rings is 2. The number of sulfone groups is 1. The van der Waals surface area contributed by atoms with Crippen molar-refractivity contribution in [1.82, 2.24) is 4.72 Å². The van der Waals surface area contributed by atoms with Crippen LogP contribution in [0.5, 0.6) is 0 Å². The maximum absolute atomic E-state index is 12.5. The molecule has 0 aliphatic rings. The Hall–Kier alpha value is -2.95. The average molecular weight is 477 g/mol. The number of sulfonamides is 1. The number of anilines is 1. The summed E-state index contributed by atoms with van der Waals surface area (Å²) in [5.41, 5.74) is -0.412. The Kier molecular flexibility index (Phi) is 6.59. The van der Waals surface area contributed by atoms with Crippen LogP contribution in [0.2, 0.25) is 0 Å². The molecule has 0 saturated heterocycles. The van der Waals surface area contributed by atoms with Crippen molar-refractivity contribution in [3.8, 4) is 0 Å². The number of amides is 1. The lowest BCUT2D eigenvalue weighted by Gasteiger charge is -2.20. The van der Waals surface area contributed by atoms with Gasteiger partial charge in [-0.1, -0.05) is 24.3 Å². The van der Waals surface area contributed by atoms with Crippen LogP contribution >= 0.6 is 0 Å². The zero-order valence-electron chi connectivity index (χ0n) is 17.8. The van der Waals surface area contributed by atoms with Gasteiger partial charge in [-0.3, -0.25) is 4.79 Å². The van der Waals surface area contributed by atoms with Crippen molar-refractivity contribution in [2.24, 2.45) is 0 Å². The molecule has 0 aliphatic heterocycles. The molecule has 10 heteroatoms. The maximum atomic E-state index is 12.5. The van der Waals surface area contributed by atoms with E-state index in [1.807, 2.05) is 0 Å². The third-order valence-electron chi connectivity index (χ3n) is 4.16. The molecule has 2 N–H and O–H groups in total. The third kappa shape index (κ3) is 6.06. The van der Waals surface area contributed by atoms with Crippen molar-refractivity contribution >= 4 is 31.5 Å². The molecule has 1 aromatic heterocycles. The smallest absolute Gasteiger partial charge is 0.291 e. The molecular weight excluding hydrogens is 452 g/mol. The number of hydrogen-bond acceptors (Lipinski definition) is 6. The van der Waals surface area contributed by atoms with Crippen LogP contribution in [-0.4, -0.2) is 28.3 Å². The second-order valence-corrected chi connectivity index (χ2v) is 11.8. The van der Waals surface area contributed by atoms with Crippen LogP contribution in [0, 0.1) is 0 Å². The van der Waals surface area contributed by atoms with Crippen LogP contribution in [0.25, 0.3) is 0 Å². The lowest BCUT2D eigenvalue weighted by molar-refractivity contribution is 0.0995. The second-order valence-electron chi connectivity index (χ2n) is 8.18. The van der Waals surface area contributed by atoms with Gasteiger partial charge in [0.15, 0.2) is 15.6 Å². The first-order valence-corrected chi connectivity index (χ1v) is 12.8. The van der Waals surface area contributed by atoms with Gasteiger partial charge in [0.1, 0.15) is 11.5 Å². The SMILES string of the molecule is CC(C)(C)NS(=O)(=O)c1cccc(NC(=O)c2ccc(CS(=O)(=O)c3ccccc3)o2)c1. The van der Waals surface area contributed by atoms with E-state index in [1.54, 1.807) is 39.0 Å². The summed E-state index contributed by atoms with van der Waals surface area (Å²) in [6, 6.07) is 16.5. The van der Waals surface area contributed by atoms with E-state index in [0.717, 1.165) is 0 Å². The number of carbonyl (C=O) groups excluding carboxylic acids is 1. The number of hydrogen-bond donors (Lipinski definition) is 2. The lowest BCUT2D eigenvalue weighted by atomic mass is 10.1. The number of rotatable bonds is 7. The Morgan fingerprint density at radius 1 is 0.875 bits per heavy atom. The van der Waals surface area contributed by atoms with Crippen molar-refractivity contribution in [1.29, 1.82) is 0 Å². The molecule has 1 heterocycles. The largest absolute Gasteiger partial charge is 0.455 e. The third-order valence-corrected chi connectivity index (χ3v) is 7.57. The highest BCUT2D eigenvalue weighted by molar-refractivity contribution is 7.90. The summed E-state index contributed by atoms with van der Waals surface area (Å²) in [5, 5.41) is 2.57. The van der Waals surface area contributed by atoms with Crippen LogP contribution in [0.4, 0.5) is 5.69 Å². The molecule has 3 aromatic rings. The van der Waals surface area contributed by atoms with Crippen LogP contribution in [0.15, 0.2) is 80.9 Å². The van der Waals surface area contributed by atoms with Crippen LogP contribution in [0.1, 0.15) is 37.1 Å². The van der Waals surface area contributed by atoms with E-state index >= 15 is 0 Å². The molecule has 0 bridgehead atoms. The molecule has 0 radical (unpaired) electrons. The van der Waals surface area contributed by atoms with Gasteiger partial charge >= 0.3 is 0 Å². The van der Waals surface area contributed by atoms with Crippen LogP contribution < -0.4 is 10.0 Å². The predicted octanol–water partition coefficient (Wildman–Crippen LogP) is 3.58. The van der Waals surface area contributed by atoms with Gasteiger partial charge in [-0.25, -0.2) is 21.6 Å². The molecule has 0 atom stereocenters. The Morgan fingerprint density at radius 3 is 2.19 bits per heavy atom. The monoisotopic (exact) mass is 476 g/mol. The fraction of sp³-hybridized carbons (Fsp3) is 0.227. The van der Waals surface area contributed by atoms with Gasteiger partial charge in [0.2, 0.25) is 10.0 Å². The van der Waals surface area contributed by atoms with Gasteiger partial charge < -0.3 is 9.73 Å². The number of furan rings is 1. The van der Waals surface area contributed by atoms with E-state index in [2.05, 4.69) is 10.0 Å². The Labute approximate surface area is 187 Å². The molecule has 32 heavy (non-hydrogen) atoms. The van der Waals surface area contributed by atoms with Gasteiger partial charge in [-0.2, -0.15) is 0 Å². The first-order valence-electron chi connectivity index (χ1n) is 9.68. The summed E-state index contributed by atoms with van der Waals surface area (Å²) >= 11 is 0. The summed E-state index contributed by atoms with van der Waals surface area (Å²) < 4.78 is 57.9. The number of nitrogens with one attached hydrogen (secondary N) is 2. The lowest BCUT2D eigenvalue weighted by Crippen LogP contribution is -2.40. The molecule has 2 aromatic carbocycles. The Morgan fingerprint density at radius 2 is 1.53 bits per heavy atom. The topological polar surface area (TPSA) is 123 Å². The summed E-state index contributed by atoms with van der Waals surface area (Å²) in [5.74, 6) is -1.00. The van der Waals surface area contributed by atoms with E-state index in [-0.39, 0.29) is 27.0 Å². The molecule has 0 spiro atoms. The summed E-state index contributed by atoms with van der Waals surface area (Å²) in [6.45, 7) is 5.17. The molecule has 3 rings (SSSR count).